The highest BCUT2D eigenvalue weighted by atomic mass is 32.2. The normalized spacial score (nSPS) is 11.1. The van der Waals surface area contributed by atoms with Crippen LogP contribution in [0.5, 0.6) is 0 Å². The number of hydrogen-bond donors (Lipinski definition) is 0. The van der Waals surface area contributed by atoms with Gasteiger partial charge >= 0.3 is 0 Å². The number of nitrogens with zero attached hydrogens (tertiary/aromatic N) is 2. The minimum absolute atomic E-state index is 0.0591. The van der Waals surface area contributed by atoms with Crippen LogP contribution in [0.25, 0.3) is 10.2 Å². The second-order valence-electron chi connectivity index (χ2n) is 5.25. The number of fused-ring (bicyclic) bond motifs is 1. The van der Waals surface area contributed by atoms with Crippen molar-refractivity contribution in [3.05, 3.63) is 64.7 Å². The molecule has 126 valence electrons. The molecule has 0 aliphatic rings. The van der Waals surface area contributed by atoms with E-state index in [0.29, 0.717) is 16.6 Å². The molecular formula is C18H14N2O2S3. The molecule has 1 aromatic carbocycles. The van der Waals surface area contributed by atoms with Crippen LogP contribution in [-0.2, 0) is 6.54 Å². The SMILES string of the molecule is CSc1cccc2sc(N(Cc3ccco3)C(=O)c3cccs3)nc12. The molecule has 0 fully saturated rings. The van der Waals surface area contributed by atoms with Crippen molar-refractivity contribution in [2.45, 2.75) is 11.4 Å². The van der Waals surface area contributed by atoms with Gasteiger partial charge in [0.1, 0.15) is 5.76 Å². The zero-order chi connectivity index (χ0) is 17.2. The maximum Gasteiger partial charge on any atom is 0.270 e. The van der Waals surface area contributed by atoms with Gasteiger partial charge in [-0.15, -0.1) is 23.1 Å². The molecule has 7 heteroatoms. The van der Waals surface area contributed by atoms with Crippen molar-refractivity contribution in [1.82, 2.24) is 4.98 Å². The summed E-state index contributed by atoms with van der Waals surface area (Å²) in [6.07, 6.45) is 3.65. The topological polar surface area (TPSA) is 46.3 Å². The fourth-order valence-electron chi connectivity index (χ4n) is 2.51. The van der Waals surface area contributed by atoms with Gasteiger partial charge in [0.15, 0.2) is 5.13 Å². The van der Waals surface area contributed by atoms with Crippen molar-refractivity contribution in [3.63, 3.8) is 0 Å². The summed E-state index contributed by atoms with van der Waals surface area (Å²) in [5.41, 5.74) is 0.943. The molecule has 4 nitrogen and oxygen atoms in total. The molecule has 25 heavy (non-hydrogen) atoms. The van der Waals surface area contributed by atoms with E-state index in [2.05, 4.69) is 6.07 Å². The highest BCUT2D eigenvalue weighted by molar-refractivity contribution is 7.98. The maximum absolute atomic E-state index is 13.0. The number of thioether (sulfide) groups is 1. The number of amides is 1. The lowest BCUT2D eigenvalue weighted by atomic mass is 10.3. The third-order valence-corrected chi connectivity index (χ3v) is 6.36. The van der Waals surface area contributed by atoms with Gasteiger partial charge in [-0.1, -0.05) is 23.5 Å². The molecule has 0 radical (unpaired) electrons. The number of benzene rings is 1. The summed E-state index contributed by atoms with van der Waals surface area (Å²) in [5, 5.41) is 2.59. The zero-order valence-electron chi connectivity index (χ0n) is 13.3. The van der Waals surface area contributed by atoms with Crippen LogP contribution in [0, 0.1) is 0 Å². The number of carbonyl (C=O) groups is 1. The van der Waals surface area contributed by atoms with Crippen LogP contribution in [0.3, 0.4) is 0 Å². The molecule has 0 N–H and O–H groups in total. The fraction of sp³-hybridized carbons (Fsp3) is 0.111. The lowest BCUT2D eigenvalue weighted by Crippen LogP contribution is -2.29. The molecule has 0 aliphatic heterocycles. The van der Waals surface area contributed by atoms with Crippen LogP contribution in [0.2, 0.25) is 0 Å². The van der Waals surface area contributed by atoms with Gasteiger partial charge in [-0.3, -0.25) is 9.69 Å². The summed E-state index contributed by atoms with van der Waals surface area (Å²) in [6.45, 7) is 0.359. The minimum Gasteiger partial charge on any atom is -0.467 e. The van der Waals surface area contributed by atoms with Crippen LogP contribution in [0.15, 0.2) is 63.4 Å². The quantitative estimate of drug-likeness (QED) is 0.424. The Morgan fingerprint density at radius 3 is 2.88 bits per heavy atom. The number of hydrogen-bond acceptors (Lipinski definition) is 6. The van der Waals surface area contributed by atoms with Crippen molar-refractivity contribution in [2.75, 3.05) is 11.2 Å². The Balaban J connectivity index is 1.78. The summed E-state index contributed by atoms with van der Waals surface area (Å²) in [6, 6.07) is 13.5. The average molecular weight is 387 g/mol. The number of aromatic nitrogens is 1. The third-order valence-electron chi connectivity index (χ3n) is 3.69. The molecule has 0 aliphatic carbocycles. The van der Waals surface area contributed by atoms with E-state index in [1.807, 2.05) is 48.0 Å². The predicted octanol–water partition coefficient (Wildman–Crippen LogP) is 5.52. The van der Waals surface area contributed by atoms with Gasteiger partial charge in [-0.05, 0) is 42.0 Å². The summed E-state index contributed by atoms with van der Waals surface area (Å²) < 4.78 is 6.53. The number of furan rings is 1. The number of thiophene rings is 1. The Labute approximate surface area is 157 Å². The first-order valence-corrected chi connectivity index (χ1v) is 10.5. The smallest absolute Gasteiger partial charge is 0.270 e. The Bertz CT molecular complexity index is 991. The first-order valence-electron chi connectivity index (χ1n) is 7.57. The monoisotopic (exact) mass is 386 g/mol. The number of para-hydroxylation sites is 1. The van der Waals surface area contributed by atoms with Gasteiger partial charge in [-0.25, -0.2) is 4.98 Å². The molecule has 0 bridgehead atoms. The zero-order valence-corrected chi connectivity index (χ0v) is 15.8. The molecule has 0 saturated carbocycles. The summed E-state index contributed by atoms with van der Waals surface area (Å²) >= 11 is 4.62. The average Bonchev–Trinajstić information content (AvgIpc) is 3.39. The van der Waals surface area contributed by atoms with E-state index in [-0.39, 0.29) is 5.91 Å². The van der Waals surface area contributed by atoms with Gasteiger partial charge in [0, 0.05) is 4.90 Å². The minimum atomic E-state index is -0.0591. The summed E-state index contributed by atoms with van der Waals surface area (Å²) in [4.78, 5) is 21.3. The second kappa shape index (κ2) is 7.03. The third kappa shape index (κ3) is 3.22. The van der Waals surface area contributed by atoms with Crippen LogP contribution in [0.4, 0.5) is 5.13 Å². The van der Waals surface area contributed by atoms with Gasteiger partial charge in [-0.2, -0.15) is 0 Å². The van der Waals surface area contributed by atoms with Crippen LogP contribution < -0.4 is 4.90 Å². The summed E-state index contributed by atoms with van der Waals surface area (Å²) in [7, 11) is 0. The van der Waals surface area contributed by atoms with E-state index < -0.39 is 0 Å². The van der Waals surface area contributed by atoms with Gasteiger partial charge in [0.05, 0.1) is 27.9 Å². The summed E-state index contributed by atoms with van der Waals surface area (Å²) in [5.74, 6) is 0.672. The van der Waals surface area contributed by atoms with Gasteiger partial charge in [0.2, 0.25) is 0 Å². The van der Waals surface area contributed by atoms with E-state index in [4.69, 9.17) is 9.40 Å². The largest absolute Gasteiger partial charge is 0.467 e. The number of anilines is 1. The standard InChI is InChI=1S/C18H14N2O2S3/c1-23-13-6-2-7-14-16(13)19-18(25-14)20(11-12-5-3-9-22-12)17(21)15-8-4-10-24-15/h2-10H,11H2,1H3. The Hall–Kier alpha value is -2.09. The van der Waals surface area contributed by atoms with E-state index in [0.717, 1.165) is 20.9 Å². The van der Waals surface area contributed by atoms with Crippen molar-refractivity contribution in [1.29, 1.82) is 0 Å². The molecule has 3 heterocycles. The van der Waals surface area contributed by atoms with E-state index in [9.17, 15) is 4.79 Å². The van der Waals surface area contributed by atoms with Crippen molar-refractivity contribution < 1.29 is 9.21 Å². The molecule has 0 spiro atoms. The molecule has 4 rings (SSSR count). The molecule has 4 aromatic rings. The number of thiazole rings is 1. The van der Waals surface area contributed by atoms with Gasteiger partial charge in [0.25, 0.3) is 5.91 Å². The van der Waals surface area contributed by atoms with Crippen molar-refractivity contribution >= 4 is 55.7 Å². The molecule has 0 saturated heterocycles. The van der Waals surface area contributed by atoms with Crippen LogP contribution >= 0.6 is 34.4 Å². The van der Waals surface area contributed by atoms with E-state index in [1.54, 1.807) is 22.9 Å². The molecular weight excluding hydrogens is 372 g/mol. The van der Waals surface area contributed by atoms with Crippen LogP contribution in [0.1, 0.15) is 15.4 Å². The Morgan fingerprint density at radius 1 is 1.24 bits per heavy atom. The molecule has 3 aromatic heterocycles. The fourth-order valence-corrected chi connectivity index (χ4v) is 4.80. The lowest BCUT2D eigenvalue weighted by molar-refractivity contribution is 0.0987. The maximum atomic E-state index is 13.0. The number of rotatable bonds is 5. The van der Waals surface area contributed by atoms with E-state index in [1.165, 1.54) is 22.7 Å². The number of carbonyl (C=O) groups excluding carboxylic acids is 1. The lowest BCUT2D eigenvalue weighted by Gasteiger charge is -2.17. The Morgan fingerprint density at radius 2 is 2.16 bits per heavy atom. The molecule has 1 amide bonds. The highest BCUT2D eigenvalue weighted by Gasteiger charge is 2.23. The Kier molecular flexibility index (Phi) is 4.61. The van der Waals surface area contributed by atoms with Gasteiger partial charge < -0.3 is 4.42 Å². The first-order chi connectivity index (χ1) is 12.3. The van der Waals surface area contributed by atoms with Crippen molar-refractivity contribution in [3.8, 4) is 0 Å². The molecule has 0 unspecified atom stereocenters. The predicted molar refractivity (Wildman–Crippen MR) is 105 cm³/mol. The highest BCUT2D eigenvalue weighted by Crippen LogP contribution is 2.35. The first kappa shape index (κ1) is 16.4. The van der Waals surface area contributed by atoms with Crippen molar-refractivity contribution in [2.24, 2.45) is 0 Å². The van der Waals surface area contributed by atoms with E-state index >= 15 is 0 Å². The molecule has 0 atom stereocenters. The second-order valence-corrected chi connectivity index (χ2v) is 8.06. The van der Waals surface area contributed by atoms with Crippen LogP contribution in [-0.4, -0.2) is 17.1 Å².